The van der Waals surface area contributed by atoms with Gasteiger partial charge < -0.3 is 42.7 Å². The SMILES string of the molecule is C.CCOP(=O)(Cc1csc(NC(=O)c2cc(OC(C)C)cc(OC3CCN(C(=O)OC(C)(C)C)CC3)c2)n1)OCC.COC(=O)c1cc(O)cc(OC(C)C)c1. The molecule has 0 bridgehead atoms. The van der Waals surface area contributed by atoms with Crippen molar-refractivity contribution in [1.82, 2.24) is 9.88 Å². The lowest BCUT2D eigenvalue weighted by Crippen LogP contribution is -2.44. The number of aromatic hydroxyl groups is 1. The van der Waals surface area contributed by atoms with Crippen molar-refractivity contribution in [3.05, 3.63) is 58.6 Å². The highest BCUT2D eigenvalue weighted by molar-refractivity contribution is 7.53. The third kappa shape index (κ3) is 16.9. The maximum absolute atomic E-state index is 13.2. The van der Waals surface area contributed by atoms with Gasteiger partial charge in [-0.05, 0) is 86.6 Å². The van der Waals surface area contributed by atoms with E-state index in [-0.39, 0.29) is 68.4 Å². The second kappa shape index (κ2) is 22.5. The van der Waals surface area contributed by atoms with Crippen LogP contribution in [0.25, 0.3) is 0 Å². The predicted octanol–water partition coefficient (Wildman–Crippen LogP) is 9.33. The standard InChI is InChI=1S/C28H42N3O8PS.C11H14O4.CH4/c1-8-35-40(34,36-9-2)17-21-18-41-26(29-21)30-25(32)20-14-23(37-19(3)4)16-24(15-20)38-22-10-12-31(13-11-22)27(33)39-28(5,6)7;1-7(2)15-10-5-8(11(13)14-3)4-9(12)6-10;/h14-16,18-19,22H,8-13,17H2,1-7H3,(H,29,30,32);4-7,12H,1-3H3;1H4. The molecule has 17 heteroatoms. The Labute approximate surface area is 340 Å². The van der Waals surface area contributed by atoms with E-state index in [1.54, 1.807) is 42.3 Å². The summed E-state index contributed by atoms with van der Waals surface area (Å²) in [6.45, 7) is 18.1. The number of thiazole rings is 1. The highest BCUT2D eigenvalue weighted by atomic mass is 32.1. The molecule has 1 fully saturated rings. The number of rotatable bonds is 15. The summed E-state index contributed by atoms with van der Waals surface area (Å²) >= 11 is 1.22. The van der Waals surface area contributed by atoms with Gasteiger partial charge in [-0.15, -0.1) is 11.3 Å². The predicted molar refractivity (Wildman–Crippen MR) is 220 cm³/mol. The number of nitrogens with one attached hydrogen (secondary N) is 1. The fourth-order valence-electron chi connectivity index (χ4n) is 5.27. The van der Waals surface area contributed by atoms with E-state index in [1.165, 1.54) is 36.6 Å². The molecule has 0 saturated carbocycles. The van der Waals surface area contributed by atoms with E-state index in [9.17, 15) is 24.1 Å². The number of anilines is 1. The summed E-state index contributed by atoms with van der Waals surface area (Å²) < 4.78 is 51.1. The zero-order valence-electron chi connectivity index (χ0n) is 33.9. The minimum Gasteiger partial charge on any atom is -0.508 e. The van der Waals surface area contributed by atoms with Gasteiger partial charge in [0.15, 0.2) is 5.13 Å². The Morgan fingerprint density at radius 2 is 1.47 bits per heavy atom. The number of phenolic OH excluding ortho intramolecular Hbond substituents is 1. The Hall–Kier alpha value is -4.37. The minimum atomic E-state index is -3.31. The highest BCUT2D eigenvalue weighted by Gasteiger charge is 2.29. The molecule has 2 aromatic carbocycles. The summed E-state index contributed by atoms with van der Waals surface area (Å²) in [7, 11) is -2.03. The summed E-state index contributed by atoms with van der Waals surface area (Å²) in [5, 5.41) is 14.2. The number of aromatic nitrogens is 1. The van der Waals surface area contributed by atoms with Crippen LogP contribution in [0.15, 0.2) is 41.8 Å². The number of esters is 1. The number of carbonyl (C=O) groups excluding carboxylic acids is 3. The topological polar surface area (TPSA) is 181 Å². The Bertz CT molecular complexity index is 1790. The third-order valence-electron chi connectivity index (χ3n) is 7.37. The van der Waals surface area contributed by atoms with Crippen molar-refractivity contribution in [3.63, 3.8) is 0 Å². The Balaban J connectivity index is 0.000000589. The van der Waals surface area contributed by atoms with Crippen LogP contribution >= 0.6 is 18.9 Å². The summed E-state index contributed by atoms with van der Waals surface area (Å²) in [5.74, 6) is 0.544. The number of carbonyl (C=O) groups is 3. The first-order chi connectivity index (χ1) is 26.3. The molecule has 15 nitrogen and oxygen atoms in total. The van der Waals surface area contributed by atoms with Crippen molar-refractivity contribution < 1.29 is 56.8 Å². The number of methoxy groups -OCH3 is 1. The highest BCUT2D eigenvalue weighted by Crippen LogP contribution is 2.51. The van der Waals surface area contributed by atoms with Crippen LogP contribution in [0.5, 0.6) is 23.0 Å². The van der Waals surface area contributed by atoms with Crippen molar-refractivity contribution in [1.29, 1.82) is 0 Å². The summed E-state index contributed by atoms with van der Waals surface area (Å²) in [4.78, 5) is 42.9. The average molecular weight is 838 g/mol. The second-order valence-electron chi connectivity index (χ2n) is 14.2. The first kappa shape index (κ1) is 48.8. The van der Waals surface area contributed by atoms with E-state index >= 15 is 0 Å². The van der Waals surface area contributed by atoms with Gasteiger partial charge in [-0.25, -0.2) is 14.6 Å². The van der Waals surface area contributed by atoms with Crippen molar-refractivity contribution in [2.75, 3.05) is 38.7 Å². The lowest BCUT2D eigenvalue weighted by molar-refractivity contribution is 0.0126. The zero-order valence-corrected chi connectivity index (χ0v) is 35.6. The summed E-state index contributed by atoms with van der Waals surface area (Å²) in [5.41, 5.74) is 0.575. The average Bonchev–Trinajstić information content (AvgIpc) is 3.52. The van der Waals surface area contributed by atoms with Crippen molar-refractivity contribution in [2.24, 2.45) is 0 Å². The molecule has 1 saturated heterocycles. The van der Waals surface area contributed by atoms with Crippen LogP contribution in [0.3, 0.4) is 0 Å². The number of ether oxygens (including phenoxy) is 5. The van der Waals surface area contributed by atoms with E-state index in [1.807, 2.05) is 48.5 Å². The first-order valence-electron chi connectivity index (χ1n) is 18.5. The van der Waals surface area contributed by atoms with Crippen LogP contribution in [0.1, 0.15) is 109 Å². The number of phenols is 1. The summed E-state index contributed by atoms with van der Waals surface area (Å²) in [6, 6.07) is 9.39. The van der Waals surface area contributed by atoms with Crippen molar-refractivity contribution in [2.45, 2.75) is 113 Å². The van der Waals surface area contributed by atoms with Gasteiger partial charge in [0.1, 0.15) is 34.7 Å². The molecule has 2 heterocycles. The normalized spacial score (nSPS) is 13.2. The molecule has 0 radical (unpaired) electrons. The van der Waals surface area contributed by atoms with Crippen LogP contribution in [0, 0.1) is 0 Å². The molecule has 1 aliphatic rings. The zero-order chi connectivity index (χ0) is 41.6. The van der Waals surface area contributed by atoms with Crippen molar-refractivity contribution >= 4 is 42.0 Å². The molecule has 318 valence electrons. The Morgan fingerprint density at radius 1 is 0.912 bits per heavy atom. The molecule has 1 aromatic heterocycles. The molecule has 0 unspecified atom stereocenters. The fraction of sp³-hybridized carbons (Fsp3) is 0.550. The van der Waals surface area contributed by atoms with Gasteiger partial charge in [0.25, 0.3) is 5.91 Å². The molecule has 4 rings (SSSR count). The van der Waals surface area contributed by atoms with Crippen LogP contribution in [-0.4, -0.2) is 90.3 Å². The maximum atomic E-state index is 13.2. The third-order valence-corrected chi connectivity index (χ3v) is 10.2. The number of benzene rings is 2. The van der Waals surface area contributed by atoms with Gasteiger partial charge in [-0.1, -0.05) is 7.43 Å². The molecule has 0 aliphatic carbocycles. The van der Waals surface area contributed by atoms with Gasteiger partial charge in [0.2, 0.25) is 0 Å². The molecule has 3 aromatic rings. The number of nitrogens with zero attached hydrogens (tertiary/aromatic N) is 2. The smallest absolute Gasteiger partial charge is 0.410 e. The molecular formula is C40H60N3O12PS. The number of hydrogen-bond acceptors (Lipinski definition) is 14. The lowest BCUT2D eigenvalue weighted by atomic mass is 10.1. The van der Waals surface area contributed by atoms with Crippen molar-refractivity contribution in [3.8, 4) is 23.0 Å². The van der Waals surface area contributed by atoms with Crippen LogP contribution < -0.4 is 19.5 Å². The largest absolute Gasteiger partial charge is 0.508 e. The lowest BCUT2D eigenvalue weighted by Gasteiger charge is -2.33. The van der Waals surface area contributed by atoms with Crippen LogP contribution in [0.4, 0.5) is 9.93 Å². The van der Waals surface area contributed by atoms with E-state index in [4.69, 9.17) is 28.0 Å². The Morgan fingerprint density at radius 3 is 2.02 bits per heavy atom. The van der Waals surface area contributed by atoms with Gasteiger partial charge in [-0.3, -0.25) is 14.7 Å². The molecule has 57 heavy (non-hydrogen) atoms. The number of hydrogen-bond donors (Lipinski definition) is 2. The van der Waals surface area contributed by atoms with Gasteiger partial charge in [0, 0.05) is 49.0 Å². The fourth-order valence-corrected chi connectivity index (χ4v) is 7.70. The molecule has 1 aliphatic heterocycles. The second-order valence-corrected chi connectivity index (χ2v) is 17.1. The van der Waals surface area contributed by atoms with E-state index in [0.717, 1.165) is 0 Å². The maximum Gasteiger partial charge on any atom is 0.410 e. The van der Waals surface area contributed by atoms with Crippen LogP contribution in [-0.2, 0) is 29.2 Å². The van der Waals surface area contributed by atoms with Crippen LogP contribution in [0.2, 0.25) is 0 Å². The van der Waals surface area contributed by atoms with E-state index in [0.29, 0.717) is 59.6 Å². The first-order valence-corrected chi connectivity index (χ1v) is 21.1. The Kier molecular flexibility index (Phi) is 19.3. The summed E-state index contributed by atoms with van der Waals surface area (Å²) in [6.07, 6.45) is 0.696. The van der Waals surface area contributed by atoms with E-state index in [2.05, 4.69) is 15.0 Å². The van der Waals surface area contributed by atoms with Gasteiger partial charge in [0.05, 0.1) is 50.0 Å². The monoisotopic (exact) mass is 837 g/mol. The quantitative estimate of drug-likeness (QED) is 0.109. The molecule has 2 N–H and O–H groups in total. The van der Waals surface area contributed by atoms with Gasteiger partial charge in [-0.2, -0.15) is 0 Å². The molecule has 2 amide bonds. The van der Waals surface area contributed by atoms with E-state index < -0.39 is 19.2 Å². The van der Waals surface area contributed by atoms with Gasteiger partial charge >= 0.3 is 19.7 Å². The number of piperidine rings is 1. The molecule has 0 atom stereocenters. The molecule has 0 spiro atoms. The number of likely N-dealkylation sites (tertiary alicyclic amines) is 1. The minimum absolute atomic E-state index is 0. The number of amides is 2. The molecular weight excluding hydrogens is 777 g/mol.